The van der Waals surface area contributed by atoms with Crippen LogP contribution in [0.1, 0.15) is 11.3 Å². The summed E-state index contributed by atoms with van der Waals surface area (Å²) in [5, 5.41) is 3.39. The third-order valence-electron chi connectivity index (χ3n) is 2.47. The third-order valence-corrected chi connectivity index (χ3v) is 2.47. The van der Waals surface area contributed by atoms with Crippen molar-refractivity contribution in [1.82, 2.24) is 10.3 Å². The smallest absolute Gasteiger partial charge is 0.0541 e. The van der Waals surface area contributed by atoms with Gasteiger partial charge in [0.05, 0.1) is 5.69 Å². The largest absolute Gasteiger partial charge is 0.311 e. The van der Waals surface area contributed by atoms with E-state index in [1.165, 1.54) is 5.56 Å². The summed E-state index contributed by atoms with van der Waals surface area (Å²) >= 11 is 0. The van der Waals surface area contributed by atoms with Crippen LogP contribution in [0.5, 0.6) is 0 Å². The topological polar surface area (TPSA) is 24.9 Å². The van der Waals surface area contributed by atoms with Crippen LogP contribution >= 0.6 is 12.4 Å². The van der Waals surface area contributed by atoms with Gasteiger partial charge in [-0.05, 0) is 30.7 Å². The monoisotopic (exact) mass is 248 g/mol. The Morgan fingerprint density at radius 1 is 0.941 bits per heavy atom. The number of aromatic nitrogens is 1. The number of halogens is 1. The van der Waals surface area contributed by atoms with E-state index in [2.05, 4.69) is 34.6 Å². The molecule has 0 amide bonds. The lowest BCUT2D eigenvalue weighted by Gasteiger charge is -2.04. The Labute approximate surface area is 109 Å². The van der Waals surface area contributed by atoms with Crippen LogP contribution in [0, 0.1) is 0 Å². The van der Waals surface area contributed by atoms with Crippen molar-refractivity contribution in [3.8, 4) is 0 Å². The number of pyridine rings is 1. The molecule has 0 atom stereocenters. The Kier molecular flexibility index (Phi) is 6.30. The lowest BCUT2D eigenvalue weighted by Crippen LogP contribution is -2.17. The van der Waals surface area contributed by atoms with Gasteiger partial charge in [0.25, 0.3) is 0 Å². The summed E-state index contributed by atoms with van der Waals surface area (Å²) in [6.07, 6.45) is 2.89. The number of benzene rings is 1. The zero-order valence-corrected chi connectivity index (χ0v) is 10.5. The summed E-state index contributed by atoms with van der Waals surface area (Å²) in [6.45, 7) is 1.83. The molecule has 2 rings (SSSR count). The first kappa shape index (κ1) is 13.7. The molecule has 0 fully saturated rings. The molecule has 0 aliphatic heterocycles. The zero-order valence-electron chi connectivity index (χ0n) is 9.67. The van der Waals surface area contributed by atoms with Crippen LogP contribution in [0.4, 0.5) is 0 Å². The van der Waals surface area contributed by atoms with Crippen molar-refractivity contribution in [3.05, 3.63) is 66.0 Å². The summed E-state index contributed by atoms with van der Waals surface area (Å²) in [6, 6.07) is 16.5. The van der Waals surface area contributed by atoms with Gasteiger partial charge in [0.2, 0.25) is 0 Å². The standard InChI is InChI=1S/C14H16N2.ClH/c1-2-6-13(7-3-1)9-11-15-12-14-8-4-5-10-16-14;/h1-8,10,15H,9,11-12H2;1H. The molecule has 1 N–H and O–H groups in total. The van der Waals surface area contributed by atoms with Gasteiger partial charge in [0.1, 0.15) is 0 Å². The minimum absolute atomic E-state index is 0. The lowest BCUT2D eigenvalue weighted by atomic mass is 10.1. The Morgan fingerprint density at radius 3 is 2.41 bits per heavy atom. The Bertz CT molecular complexity index is 362. The van der Waals surface area contributed by atoms with E-state index in [1.807, 2.05) is 30.5 Å². The van der Waals surface area contributed by atoms with Gasteiger partial charge < -0.3 is 5.32 Å². The van der Waals surface area contributed by atoms with Gasteiger partial charge in [-0.1, -0.05) is 36.4 Å². The van der Waals surface area contributed by atoms with Crippen molar-refractivity contribution in [2.45, 2.75) is 13.0 Å². The predicted molar refractivity (Wildman–Crippen MR) is 73.3 cm³/mol. The molecule has 0 unspecified atom stereocenters. The minimum Gasteiger partial charge on any atom is -0.311 e. The van der Waals surface area contributed by atoms with E-state index in [0.29, 0.717) is 0 Å². The van der Waals surface area contributed by atoms with Gasteiger partial charge in [-0.25, -0.2) is 0 Å². The van der Waals surface area contributed by atoms with E-state index in [0.717, 1.165) is 25.2 Å². The number of hydrogen-bond acceptors (Lipinski definition) is 2. The van der Waals surface area contributed by atoms with E-state index in [9.17, 15) is 0 Å². The third kappa shape index (κ3) is 4.98. The molecule has 90 valence electrons. The van der Waals surface area contributed by atoms with Crippen molar-refractivity contribution >= 4 is 12.4 Å². The van der Waals surface area contributed by atoms with Gasteiger partial charge in [-0.2, -0.15) is 0 Å². The minimum atomic E-state index is 0. The average Bonchev–Trinajstić information content (AvgIpc) is 2.37. The van der Waals surface area contributed by atoms with E-state index in [1.54, 1.807) is 0 Å². The van der Waals surface area contributed by atoms with Crippen molar-refractivity contribution < 1.29 is 0 Å². The molecule has 1 aromatic heterocycles. The molecule has 3 heteroatoms. The van der Waals surface area contributed by atoms with Crippen LogP contribution in [0.25, 0.3) is 0 Å². The normalized spacial score (nSPS) is 9.65. The fraction of sp³-hybridized carbons (Fsp3) is 0.214. The highest BCUT2D eigenvalue weighted by Gasteiger charge is 1.93. The maximum atomic E-state index is 4.26. The number of hydrogen-bond donors (Lipinski definition) is 1. The number of rotatable bonds is 5. The molecule has 0 radical (unpaired) electrons. The highest BCUT2D eigenvalue weighted by Crippen LogP contribution is 1.98. The van der Waals surface area contributed by atoms with Crippen molar-refractivity contribution in [3.63, 3.8) is 0 Å². The zero-order chi connectivity index (χ0) is 11.1. The van der Waals surface area contributed by atoms with Gasteiger partial charge in [0, 0.05) is 12.7 Å². The van der Waals surface area contributed by atoms with Gasteiger partial charge in [0.15, 0.2) is 0 Å². The van der Waals surface area contributed by atoms with Gasteiger partial charge in [-0.3, -0.25) is 4.98 Å². The maximum absolute atomic E-state index is 4.26. The molecule has 0 saturated heterocycles. The molecular weight excluding hydrogens is 232 g/mol. The van der Waals surface area contributed by atoms with Crippen LogP contribution in [0.3, 0.4) is 0 Å². The van der Waals surface area contributed by atoms with E-state index < -0.39 is 0 Å². The predicted octanol–water partition coefficient (Wildman–Crippen LogP) is 2.84. The lowest BCUT2D eigenvalue weighted by molar-refractivity contribution is 0.675. The molecule has 17 heavy (non-hydrogen) atoms. The summed E-state index contributed by atoms with van der Waals surface area (Å²) in [5.41, 5.74) is 2.46. The van der Waals surface area contributed by atoms with E-state index >= 15 is 0 Å². The molecule has 0 aliphatic rings. The second-order valence-corrected chi connectivity index (χ2v) is 3.73. The summed E-state index contributed by atoms with van der Waals surface area (Å²) < 4.78 is 0. The Hall–Kier alpha value is -1.38. The summed E-state index contributed by atoms with van der Waals surface area (Å²) in [4.78, 5) is 4.26. The van der Waals surface area contributed by atoms with Crippen molar-refractivity contribution in [2.75, 3.05) is 6.54 Å². The Balaban J connectivity index is 0.00000144. The van der Waals surface area contributed by atoms with Gasteiger partial charge >= 0.3 is 0 Å². The molecule has 2 nitrogen and oxygen atoms in total. The molecule has 0 saturated carbocycles. The first-order valence-electron chi connectivity index (χ1n) is 5.60. The second-order valence-electron chi connectivity index (χ2n) is 3.73. The first-order valence-corrected chi connectivity index (χ1v) is 5.60. The fourth-order valence-corrected chi connectivity index (χ4v) is 1.60. The van der Waals surface area contributed by atoms with Crippen LogP contribution in [-0.2, 0) is 13.0 Å². The van der Waals surface area contributed by atoms with E-state index in [4.69, 9.17) is 0 Å². The molecule has 1 heterocycles. The average molecular weight is 249 g/mol. The summed E-state index contributed by atoms with van der Waals surface area (Å²) in [7, 11) is 0. The second kappa shape index (κ2) is 7.82. The number of nitrogens with one attached hydrogen (secondary N) is 1. The fourth-order valence-electron chi connectivity index (χ4n) is 1.60. The molecule has 2 aromatic rings. The molecular formula is C14H17ClN2. The Morgan fingerprint density at radius 2 is 1.71 bits per heavy atom. The highest BCUT2D eigenvalue weighted by molar-refractivity contribution is 5.85. The molecule has 0 bridgehead atoms. The quantitative estimate of drug-likeness (QED) is 0.824. The maximum Gasteiger partial charge on any atom is 0.0541 e. The number of nitrogens with zero attached hydrogens (tertiary/aromatic N) is 1. The first-order chi connectivity index (χ1) is 7.95. The van der Waals surface area contributed by atoms with E-state index in [-0.39, 0.29) is 12.4 Å². The van der Waals surface area contributed by atoms with Gasteiger partial charge in [-0.15, -0.1) is 12.4 Å². The molecule has 1 aromatic carbocycles. The van der Waals surface area contributed by atoms with Crippen LogP contribution in [0.2, 0.25) is 0 Å². The highest BCUT2D eigenvalue weighted by atomic mass is 35.5. The SMILES string of the molecule is Cl.c1ccc(CCNCc2ccccn2)cc1. The van der Waals surface area contributed by atoms with Crippen LogP contribution in [0.15, 0.2) is 54.7 Å². The molecule has 0 spiro atoms. The van der Waals surface area contributed by atoms with Crippen molar-refractivity contribution in [1.29, 1.82) is 0 Å². The molecule has 0 aliphatic carbocycles. The van der Waals surface area contributed by atoms with Crippen LogP contribution in [-0.4, -0.2) is 11.5 Å². The summed E-state index contributed by atoms with van der Waals surface area (Å²) in [5.74, 6) is 0. The van der Waals surface area contributed by atoms with Crippen LogP contribution < -0.4 is 5.32 Å². The van der Waals surface area contributed by atoms with Crippen molar-refractivity contribution in [2.24, 2.45) is 0 Å².